The number of benzene rings is 2. The van der Waals surface area contributed by atoms with Crippen LogP contribution >= 0.6 is 0 Å². The number of hydrogen-bond acceptors (Lipinski definition) is 0. The Labute approximate surface area is 106 Å². The van der Waals surface area contributed by atoms with E-state index in [0.717, 1.165) is 0 Å². The third-order valence-corrected chi connectivity index (χ3v) is 5.54. The number of hydrogen-bond donors (Lipinski definition) is 0. The molecule has 0 fully saturated rings. The average molecular weight is 238 g/mol. The Morgan fingerprint density at radius 3 is 2.41 bits per heavy atom. The van der Waals surface area contributed by atoms with E-state index >= 15 is 0 Å². The molecule has 0 saturated carbocycles. The van der Waals surface area contributed by atoms with Crippen molar-refractivity contribution in [2.45, 2.75) is 13.8 Å². The van der Waals surface area contributed by atoms with Crippen LogP contribution in [0.15, 0.2) is 49.0 Å². The molecular weight excluding hydrogens is 220 g/mol. The van der Waals surface area contributed by atoms with Gasteiger partial charge in [0.15, 0.2) is 0 Å². The van der Waals surface area contributed by atoms with Crippen molar-refractivity contribution in [2.75, 3.05) is 0 Å². The molecule has 2 aromatic carbocycles. The van der Waals surface area contributed by atoms with Crippen molar-refractivity contribution in [3.8, 4) is 0 Å². The van der Waals surface area contributed by atoms with E-state index in [2.05, 4.69) is 62.9 Å². The van der Waals surface area contributed by atoms with Crippen LogP contribution in [-0.2, 0) is 0 Å². The lowest BCUT2D eigenvalue weighted by molar-refractivity contribution is 1.37. The van der Waals surface area contributed by atoms with E-state index in [0.29, 0.717) is 0 Å². The fourth-order valence-corrected chi connectivity index (χ4v) is 4.03. The van der Waals surface area contributed by atoms with Crippen LogP contribution in [0.3, 0.4) is 0 Å². The molecule has 0 atom stereocenters. The van der Waals surface area contributed by atoms with Crippen LogP contribution in [0.25, 0.3) is 6.08 Å². The summed E-state index contributed by atoms with van der Waals surface area (Å²) in [6, 6.07) is 15.2. The first kappa shape index (κ1) is 11.9. The second kappa shape index (κ2) is 5.15. The first-order valence-electron chi connectivity index (χ1n) is 5.98. The minimum absolute atomic E-state index is 0.396. The first-order chi connectivity index (χ1) is 8.22. The molecule has 0 nitrogen and oxygen atoms in total. The standard InChI is InChI=1S/C16H18Si/c1-4-14-9-5-6-10-16(14)17-15-11-7-8-12(2)13(15)3/h4-11H,1,17H2,2-3H3. The van der Waals surface area contributed by atoms with Gasteiger partial charge in [0, 0.05) is 0 Å². The zero-order valence-electron chi connectivity index (χ0n) is 10.5. The summed E-state index contributed by atoms with van der Waals surface area (Å²) in [5.74, 6) is 0. The number of aryl methyl sites for hydroxylation is 1. The molecule has 1 heteroatoms. The van der Waals surface area contributed by atoms with Gasteiger partial charge >= 0.3 is 0 Å². The van der Waals surface area contributed by atoms with Crippen LogP contribution in [0.1, 0.15) is 16.7 Å². The quantitative estimate of drug-likeness (QED) is 0.718. The van der Waals surface area contributed by atoms with Crippen molar-refractivity contribution in [1.29, 1.82) is 0 Å². The van der Waals surface area contributed by atoms with Gasteiger partial charge in [-0.3, -0.25) is 0 Å². The molecule has 0 spiro atoms. The van der Waals surface area contributed by atoms with Gasteiger partial charge in [-0.25, -0.2) is 0 Å². The Hall–Kier alpha value is -1.60. The highest BCUT2D eigenvalue weighted by atomic mass is 28.2. The monoisotopic (exact) mass is 238 g/mol. The molecule has 0 aliphatic heterocycles. The zero-order chi connectivity index (χ0) is 12.3. The van der Waals surface area contributed by atoms with Crippen LogP contribution in [0, 0.1) is 13.8 Å². The van der Waals surface area contributed by atoms with E-state index < -0.39 is 9.52 Å². The summed E-state index contributed by atoms with van der Waals surface area (Å²) in [5, 5.41) is 3.02. The predicted molar refractivity (Wildman–Crippen MR) is 80.3 cm³/mol. The van der Waals surface area contributed by atoms with Gasteiger partial charge in [0.1, 0.15) is 0 Å². The van der Waals surface area contributed by atoms with Crippen LogP contribution in [0.2, 0.25) is 0 Å². The van der Waals surface area contributed by atoms with Gasteiger partial charge in [0.05, 0.1) is 9.52 Å². The molecule has 0 aromatic heterocycles. The van der Waals surface area contributed by atoms with Crippen molar-refractivity contribution in [3.05, 3.63) is 65.7 Å². The van der Waals surface area contributed by atoms with Gasteiger partial charge in [-0.05, 0) is 30.5 Å². The molecule has 0 N–H and O–H groups in total. The fourth-order valence-electron chi connectivity index (χ4n) is 2.10. The smallest absolute Gasteiger partial charge is 0.0886 e. The lowest BCUT2D eigenvalue weighted by Gasteiger charge is -2.10. The van der Waals surface area contributed by atoms with Crippen molar-refractivity contribution in [1.82, 2.24) is 0 Å². The maximum atomic E-state index is 3.90. The van der Waals surface area contributed by atoms with Crippen LogP contribution < -0.4 is 10.4 Å². The molecule has 2 aromatic rings. The molecule has 0 unspecified atom stereocenters. The van der Waals surface area contributed by atoms with Gasteiger partial charge < -0.3 is 0 Å². The molecule has 0 amide bonds. The second-order valence-electron chi connectivity index (χ2n) is 4.44. The summed E-state index contributed by atoms with van der Waals surface area (Å²) in [6.45, 7) is 8.31. The van der Waals surface area contributed by atoms with E-state index in [4.69, 9.17) is 0 Å². The Balaban J connectivity index is 2.38. The van der Waals surface area contributed by atoms with Crippen molar-refractivity contribution in [3.63, 3.8) is 0 Å². The molecule has 2 rings (SSSR count). The molecule has 0 bridgehead atoms. The van der Waals surface area contributed by atoms with Gasteiger partial charge in [-0.1, -0.05) is 65.5 Å². The molecule has 0 aliphatic carbocycles. The first-order valence-corrected chi connectivity index (χ1v) is 7.39. The van der Waals surface area contributed by atoms with Crippen molar-refractivity contribution >= 4 is 26.0 Å². The summed E-state index contributed by atoms with van der Waals surface area (Å²) >= 11 is 0. The molecular formula is C16H18Si. The highest BCUT2D eigenvalue weighted by Gasteiger charge is 2.05. The predicted octanol–water partition coefficient (Wildman–Crippen LogP) is 2.07. The lowest BCUT2D eigenvalue weighted by Crippen LogP contribution is -2.31. The third kappa shape index (κ3) is 2.56. The summed E-state index contributed by atoms with van der Waals surface area (Å²) in [4.78, 5) is 0. The molecule has 0 saturated heterocycles. The van der Waals surface area contributed by atoms with Gasteiger partial charge in [-0.2, -0.15) is 0 Å². The van der Waals surface area contributed by atoms with Gasteiger partial charge in [0.2, 0.25) is 0 Å². The van der Waals surface area contributed by atoms with E-state index in [9.17, 15) is 0 Å². The summed E-state index contributed by atoms with van der Waals surface area (Å²) in [5.41, 5.74) is 4.14. The molecule has 0 heterocycles. The lowest BCUT2D eigenvalue weighted by atomic mass is 10.1. The van der Waals surface area contributed by atoms with Crippen LogP contribution in [-0.4, -0.2) is 9.52 Å². The largest absolute Gasteiger partial charge is 0.0985 e. The SMILES string of the molecule is C=Cc1ccccc1[SiH2]c1cccc(C)c1C. The third-order valence-electron chi connectivity index (χ3n) is 3.37. The van der Waals surface area contributed by atoms with E-state index in [1.807, 2.05) is 6.08 Å². The Morgan fingerprint density at radius 2 is 1.65 bits per heavy atom. The summed E-state index contributed by atoms with van der Waals surface area (Å²) in [6.07, 6.45) is 1.97. The molecule has 86 valence electrons. The number of rotatable bonds is 3. The molecule has 17 heavy (non-hydrogen) atoms. The van der Waals surface area contributed by atoms with Crippen LogP contribution in [0.5, 0.6) is 0 Å². The average Bonchev–Trinajstić information content (AvgIpc) is 2.35. The van der Waals surface area contributed by atoms with E-state index in [1.54, 1.807) is 5.19 Å². The fraction of sp³-hybridized carbons (Fsp3) is 0.125. The molecule has 0 radical (unpaired) electrons. The Morgan fingerprint density at radius 1 is 0.941 bits per heavy atom. The van der Waals surface area contributed by atoms with E-state index in [1.165, 1.54) is 21.9 Å². The summed E-state index contributed by atoms with van der Waals surface area (Å²) in [7, 11) is -0.396. The minimum atomic E-state index is -0.396. The van der Waals surface area contributed by atoms with Crippen LogP contribution in [0.4, 0.5) is 0 Å². The van der Waals surface area contributed by atoms with E-state index in [-0.39, 0.29) is 0 Å². The Bertz CT molecular complexity index is 541. The highest BCUT2D eigenvalue weighted by molar-refractivity contribution is 6.68. The van der Waals surface area contributed by atoms with Gasteiger partial charge in [0.25, 0.3) is 0 Å². The maximum Gasteiger partial charge on any atom is 0.0886 e. The minimum Gasteiger partial charge on any atom is -0.0985 e. The Kier molecular flexibility index (Phi) is 3.60. The normalized spacial score (nSPS) is 10.9. The summed E-state index contributed by atoms with van der Waals surface area (Å²) < 4.78 is 0. The zero-order valence-corrected chi connectivity index (χ0v) is 11.9. The second-order valence-corrected chi connectivity index (χ2v) is 6.32. The maximum absolute atomic E-state index is 3.90. The van der Waals surface area contributed by atoms with Gasteiger partial charge in [-0.15, -0.1) is 0 Å². The van der Waals surface area contributed by atoms with Crippen molar-refractivity contribution in [2.24, 2.45) is 0 Å². The highest BCUT2D eigenvalue weighted by Crippen LogP contribution is 2.03. The molecule has 0 aliphatic rings. The topological polar surface area (TPSA) is 0 Å². The van der Waals surface area contributed by atoms with Crippen molar-refractivity contribution < 1.29 is 0 Å².